The van der Waals surface area contributed by atoms with Crippen molar-refractivity contribution in [1.29, 1.82) is 0 Å². The molecule has 238 valence electrons. The summed E-state index contributed by atoms with van der Waals surface area (Å²) in [5.74, 6) is -4.07. The largest absolute Gasteiger partial charge is 0.450 e. The third-order valence-corrected chi connectivity index (χ3v) is 4.99. The summed E-state index contributed by atoms with van der Waals surface area (Å²) in [4.78, 5) is 64.5. The highest BCUT2D eigenvalue weighted by atomic mass is 16.6. The third-order valence-electron chi connectivity index (χ3n) is 4.99. The van der Waals surface area contributed by atoms with Crippen LogP contribution in [0, 0.1) is 0 Å². The van der Waals surface area contributed by atoms with Gasteiger partial charge in [-0.05, 0) is 0 Å². The van der Waals surface area contributed by atoms with E-state index in [-0.39, 0.29) is 18.9 Å². The van der Waals surface area contributed by atoms with Gasteiger partial charge < -0.3 is 75.5 Å². The zero-order valence-corrected chi connectivity index (χ0v) is 21.2. The fourth-order valence-electron chi connectivity index (χ4n) is 2.43. The first-order valence-electron chi connectivity index (χ1n) is 11.3. The molecule has 0 spiro atoms. The van der Waals surface area contributed by atoms with Crippen LogP contribution in [0.25, 0.3) is 0 Å². The second-order valence-corrected chi connectivity index (χ2v) is 8.11. The second-order valence-electron chi connectivity index (χ2n) is 8.11. The maximum atomic E-state index is 11.6. The van der Waals surface area contributed by atoms with Crippen molar-refractivity contribution in [3.05, 3.63) is 0 Å². The molecule has 0 unspecified atom stereocenters. The monoisotopic (exact) mass is 606 g/mol. The number of rotatable bonds is 18. The first kappa shape index (κ1) is 40.3. The number of Topliss-reactive ketones (excluding diaryl/α,β-unsaturated/α-hetero) is 1. The van der Waals surface area contributed by atoms with E-state index < -0.39 is 104 Å². The molecule has 20 nitrogen and oxygen atoms in total. The van der Waals surface area contributed by atoms with Crippen molar-refractivity contribution < 1.29 is 99.5 Å². The van der Waals surface area contributed by atoms with Gasteiger partial charge in [-0.3, -0.25) is 14.4 Å². The molecule has 0 aromatic rings. The summed E-state index contributed by atoms with van der Waals surface area (Å²) in [5.41, 5.74) is 0. The Balaban J connectivity index is 0. The molecule has 0 saturated carbocycles. The minimum absolute atomic E-state index is 0.00117. The van der Waals surface area contributed by atoms with Crippen LogP contribution in [0.2, 0.25) is 0 Å². The summed E-state index contributed by atoms with van der Waals surface area (Å²) >= 11 is 0. The van der Waals surface area contributed by atoms with Crippen molar-refractivity contribution in [3.8, 4) is 0 Å². The van der Waals surface area contributed by atoms with E-state index in [0.29, 0.717) is 0 Å². The van der Waals surface area contributed by atoms with Gasteiger partial charge in [0.15, 0.2) is 37.2 Å². The predicted molar refractivity (Wildman–Crippen MR) is 123 cm³/mol. The number of hydrogen-bond acceptors (Lipinski definition) is 20. The minimum Gasteiger partial charge on any atom is -0.450 e. The Kier molecular flexibility index (Phi) is 19.7. The van der Waals surface area contributed by atoms with Gasteiger partial charge in [-0.1, -0.05) is 0 Å². The molecule has 0 fully saturated rings. The zero-order valence-electron chi connectivity index (χ0n) is 21.2. The highest BCUT2D eigenvalue weighted by molar-refractivity contribution is 6.32. The van der Waals surface area contributed by atoms with Crippen LogP contribution in [0.1, 0.15) is 6.92 Å². The Bertz CT molecular complexity index is 836. The molecule has 0 amide bonds. The van der Waals surface area contributed by atoms with Crippen molar-refractivity contribution in [2.24, 2.45) is 0 Å². The summed E-state index contributed by atoms with van der Waals surface area (Å²) in [6.07, 6.45) is -25.1. The summed E-state index contributed by atoms with van der Waals surface area (Å²) in [6.45, 7) is -0.936. The fraction of sp³-hybridized carbons (Fsp3) is 0.714. The van der Waals surface area contributed by atoms with Crippen molar-refractivity contribution >= 4 is 36.6 Å². The molecule has 0 aromatic heterocycles. The van der Waals surface area contributed by atoms with E-state index >= 15 is 0 Å². The van der Waals surface area contributed by atoms with Gasteiger partial charge in [0.1, 0.15) is 54.9 Å². The molecule has 0 bridgehead atoms. The van der Waals surface area contributed by atoms with Crippen LogP contribution in [0.5, 0.6) is 0 Å². The second kappa shape index (κ2) is 20.1. The molecule has 0 aliphatic rings. The molecule has 0 aliphatic heterocycles. The molecule has 12 N–H and O–H groups in total. The van der Waals surface area contributed by atoms with E-state index in [2.05, 4.69) is 9.47 Å². The molecule has 12 atom stereocenters. The average molecular weight is 606 g/mol. The van der Waals surface area contributed by atoms with Crippen molar-refractivity contribution in [3.63, 3.8) is 0 Å². The molecule has 0 aliphatic carbocycles. The lowest BCUT2D eigenvalue weighted by Crippen LogP contribution is -2.52. The SMILES string of the molecule is CC(=O)C(=O)O[C@@H](C=O)[C@@H](O)[C@H](O)[C@H](O)CO.O=C[C@H](O)[C@@H](O)[C@H](O)[C@H](O)C(=O)O[C@H](C=O)[C@@H](O)[C@H](O)[C@H](O)CO. The predicted octanol–water partition coefficient (Wildman–Crippen LogP) is -9.42. The number of carbonyl (C=O) groups excluding carboxylic acids is 6. The highest BCUT2D eigenvalue weighted by Crippen LogP contribution is 2.11. The van der Waals surface area contributed by atoms with Gasteiger partial charge in [0.05, 0.1) is 13.2 Å². The molecule has 0 radical (unpaired) electrons. The van der Waals surface area contributed by atoms with E-state index in [4.69, 9.17) is 25.5 Å². The van der Waals surface area contributed by atoms with E-state index in [0.717, 1.165) is 6.92 Å². The van der Waals surface area contributed by atoms with Gasteiger partial charge in [-0.15, -0.1) is 0 Å². The van der Waals surface area contributed by atoms with E-state index in [1.807, 2.05) is 0 Å². The van der Waals surface area contributed by atoms with Gasteiger partial charge in [0.2, 0.25) is 5.78 Å². The van der Waals surface area contributed by atoms with Crippen LogP contribution < -0.4 is 0 Å². The Labute approximate surface area is 230 Å². The zero-order chi connectivity index (χ0) is 32.6. The van der Waals surface area contributed by atoms with E-state index in [1.165, 1.54) is 0 Å². The van der Waals surface area contributed by atoms with Crippen molar-refractivity contribution in [2.75, 3.05) is 13.2 Å². The van der Waals surface area contributed by atoms with Gasteiger partial charge in [-0.2, -0.15) is 0 Å². The maximum Gasteiger partial charge on any atom is 0.375 e. The molecule has 41 heavy (non-hydrogen) atoms. The Hall–Kier alpha value is -2.86. The van der Waals surface area contributed by atoms with E-state index in [1.54, 1.807) is 0 Å². The van der Waals surface area contributed by atoms with Gasteiger partial charge in [-0.25, -0.2) is 9.59 Å². The number of aliphatic hydroxyl groups is 12. The average Bonchev–Trinajstić information content (AvgIpc) is 2.98. The lowest BCUT2D eigenvalue weighted by Gasteiger charge is -2.27. The Morgan fingerprint density at radius 2 is 0.976 bits per heavy atom. The van der Waals surface area contributed by atoms with Crippen LogP contribution in [-0.2, 0) is 38.2 Å². The number of ketones is 1. The fourth-order valence-corrected chi connectivity index (χ4v) is 2.43. The van der Waals surface area contributed by atoms with Gasteiger partial charge in [0, 0.05) is 6.92 Å². The minimum atomic E-state index is -2.51. The molecule has 0 rings (SSSR count). The van der Waals surface area contributed by atoms with Crippen LogP contribution in [0.4, 0.5) is 0 Å². The molecule has 20 heteroatoms. The molecular formula is C21H34O20. The first-order valence-corrected chi connectivity index (χ1v) is 11.3. The third kappa shape index (κ3) is 13.1. The van der Waals surface area contributed by atoms with Crippen LogP contribution in [0.3, 0.4) is 0 Å². The quantitative estimate of drug-likeness (QED) is 0.0391. The number of ether oxygens (including phenoxy) is 2. The van der Waals surface area contributed by atoms with Crippen LogP contribution >= 0.6 is 0 Å². The highest BCUT2D eigenvalue weighted by Gasteiger charge is 2.39. The summed E-state index contributed by atoms with van der Waals surface area (Å²) in [5, 5.41) is 110. The maximum absolute atomic E-state index is 11.6. The van der Waals surface area contributed by atoms with Crippen molar-refractivity contribution in [2.45, 2.75) is 80.2 Å². The Morgan fingerprint density at radius 1 is 0.585 bits per heavy atom. The molecule has 0 heterocycles. The number of aliphatic hydroxyl groups excluding tert-OH is 12. The topological polar surface area (TPSA) is 364 Å². The van der Waals surface area contributed by atoms with Crippen molar-refractivity contribution in [1.82, 2.24) is 0 Å². The normalized spacial score (nSPS) is 19.9. The standard InChI is InChI=1S/C12H20O12.C9H14O8/c13-1-4(16)7(18)9(20)6(3-15)24-12(23)11(22)10(21)8(19)5(17)2-14;1-4(12)9(16)17-6(3-11)8(15)7(14)5(13)2-10/h2-11,13,16-22H,1H2;3,5-8,10,13-15H,2H2,1H3/t4-,5+,6-,7-,8-,9-,10+,11+;5-,6+,7-,8-/m11/s1. The summed E-state index contributed by atoms with van der Waals surface area (Å²) in [6, 6.07) is 0. The number of esters is 2. The van der Waals surface area contributed by atoms with E-state index in [9.17, 15) is 64.5 Å². The summed E-state index contributed by atoms with van der Waals surface area (Å²) < 4.78 is 8.60. The molecular weight excluding hydrogens is 572 g/mol. The number of carbonyl (C=O) groups is 6. The van der Waals surface area contributed by atoms with Gasteiger partial charge >= 0.3 is 11.9 Å². The lowest BCUT2D eigenvalue weighted by atomic mass is 10.0. The first-order chi connectivity index (χ1) is 19.0. The smallest absolute Gasteiger partial charge is 0.375 e. The number of hydrogen-bond donors (Lipinski definition) is 12. The van der Waals surface area contributed by atoms with Gasteiger partial charge in [0.25, 0.3) is 0 Å². The lowest BCUT2D eigenvalue weighted by molar-refractivity contribution is -0.185. The Morgan fingerprint density at radius 3 is 1.29 bits per heavy atom. The molecule has 0 saturated heterocycles. The van der Waals surface area contributed by atoms with Crippen LogP contribution in [-0.4, -0.2) is 184 Å². The van der Waals surface area contributed by atoms with Crippen LogP contribution in [0.15, 0.2) is 0 Å². The number of aldehydes is 3. The summed E-state index contributed by atoms with van der Waals surface area (Å²) in [7, 11) is 0. The molecule has 0 aromatic carbocycles.